The molecule has 0 spiro atoms. The van der Waals surface area contributed by atoms with Gasteiger partial charge in [0.25, 0.3) is 6.47 Å². The van der Waals surface area contributed by atoms with Crippen LogP contribution < -0.4 is 27.0 Å². The number of aryl methyl sites for hydroxylation is 3. The third-order valence-electron chi connectivity index (χ3n) is 21.5. The molecule has 10 N–H and O–H groups in total. The largest absolute Gasteiger partial charge is 0.494 e. The minimum absolute atomic E-state index is 0.123. The van der Waals surface area contributed by atoms with Crippen molar-refractivity contribution in [2.45, 2.75) is 20.8 Å². The van der Waals surface area contributed by atoms with Gasteiger partial charge in [-0.3, -0.25) is 52.1 Å². The predicted molar refractivity (Wildman–Crippen MR) is 579 cm³/mol. The lowest BCUT2D eigenvalue weighted by molar-refractivity contribution is -0.126. The molecule has 0 bridgehead atoms. The first-order valence-corrected chi connectivity index (χ1v) is 46.9. The molecule has 0 aliphatic heterocycles. The Morgan fingerprint density at radius 1 is 0.372 bits per heavy atom. The predicted octanol–water partition coefficient (Wildman–Crippen LogP) is 16.8. The van der Waals surface area contributed by atoms with E-state index in [0.29, 0.717) is 44.2 Å². The monoisotopic (exact) mass is 2160 g/mol. The third kappa shape index (κ3) is 25.1. The molecule has 724 valence electrons. The molecule has 24 aromatic rings. The van der Waals surface area contributed by atoms with E-state index in [2.05, 4.69) is 191 Å². The Hall–Kier alpha value is -15.7. The molecule has 0 atom stereocenters. The molecular formula is C104H87B3Br3Cl2N21O12. The van der Waals surface area contributed by atoms with Crippen LogP contribution in [0.4, 0.5) is 0 Å². The number of aromatic nitrogens is 20. The lowest BCUT2D eigenvalue weighted by atomic mass is 9.74. The zero-order valence-corrected chi connectivity index (χ0v) is 84.2. The molecule has 0 unspecified atom stereocenters. The highest BCUT2D eigenvalue weighted by Crippen LogP contribution is 2.38. The van der Waals surface area contributed by atoms with Gasteiger partial charge in [-0.2, -0.15) is 0 Å². The van der Waals surface area contributed by atoms with Crippen LogP contribution in [0.2, 0.25) is 10.3 Å². The van der Waals surface area contributed by atoms with Crippen molar-refractivity contribution in [1.29, 1.82) is 0 Å². The number of ether oxygens (including phenoxy) is 2. The summed E-state index contributed by atoms with van der Waals surface area (Å²) in [6.45, 7) is 6.14. The van der Waals surface area contributed by atoms with Gasteiger partial charge in [0, 0.05) is 165 Å². The number of fused-ring (bicyclic) bond motifs is 24. The number of carbonyl (C=O) groups is 2. The highest BCUT2D eigenvalue weighted by Gasteiger charge is 2.23. The fourth-order valence-electron chi connectivity index (χ4n) is 15.5. The molecule has 20 aromatic heterocycles. The fourth-order valence-corrected chi connectivity index (χ4v) is 17.2. The molecule has 0 aliphatic carbocycles. The average molecular weight is 2170 g/mol. The summed E-state index contributed by atoms with van der Waals surface area (Å²) in [5.41, 5.74) is 21.5. The van der Waals surface area contributed by atoms with Gasteiger partial charge < -0.3 is 49.9 Å². The highest BCUT2D eigenvalue weighted by atomic mass is 79.9. The smallest absolute Gasteiger partial charge is 0.491 e. The maximum Gasteiger partial charge on any atom is 0.491 e. The number of pyridine rings is 16. The van der Waals surface area contributed by atoms with Gasteiger partial charge in [-0.15, -0.1) is 0 Å². The highest BCUT2D eigenvalue weighted by molar-refractivity contribution is 9.11. The number of aliphatic hydroxyl groups excluding tert-OH is 1. The van der Waals surface area contributed by atoms with Gasteiger partial charge in [-0.05, 0) is 219 Å². The Morgan fingerprint density at radius 2 is 0.759 bits per heavy atom. The number of benzene rings is 4. The first-order valence-electron chi connectivity index (χ1n) is 43.7. The second-order valence-electron chi connectivity index (χ2n) is 30.4. The van der Waals surface area contributed by atoms with E-state index in [0.717, 1.165) is 178 Å². The molecule has 20 heterocycles. The van der Waals surface area contributed by atoms with Crippen molar-refractivity contribution in [3.05, 3.63) is 394 Å². The Labute approximate surface area is 864 Å². The standard InChI is InChI=1S/C19H11BrN4.C19H12N4.C13H7BrN4.C13H8N4.C11H9ClN2O.C9H13BO2.C6H7BO2.C6H4BrNO.C5H5BClNO2.C2H4O2.CH4O.H3NO/c20-17-16(12-6-2-1-3-7-12)24-18-13(8-5-11-22-18)15-14(19(24)23-17)9-4-10-21-15;1-2-6-13(7-3-1)16-12-22-19-15-8-4-10-20-17(15)14-9-5-11-21-18(14)23(16)19;14-10-7-17-13-9-3-1-5-15-11(9)8-4-2-6-16-12(8)18(10)13;1-3-10-11(14-5-1)9-4-2-6-15-12(9)17-8-7-16-13(10)17;1-15-9-5-3-6-13-10(9)8-4-2-7-14-11(8)12;1-6-4-7(2)9(10(11)12)8(3)5-6;8-7(9)6-4-2-1-3-5-6;7-6-5(4-9)2-1-3-8-6;7-5-4(6(9)10)2-1-3-8-5;1-4-2-3;2*1-2/h1-11H;1-12H;1-7H;1-8H;2-7H,1H3;4-5,11-12H,1-3H3;1-5,8-9H;1-4H;1-3,9-10H;2H,1H3;2H,1H3;2H,1H2. The molecule has 0 fully saturated rings. The number of nitrogens with zero attached hydrogens (tertiary/aromatic N) is 20. The summed E-state index contributed by atoms with van der Waals surface area (Å²) in [4.78, 5) is 89.2. The molecule has 41 heteroatoms. The van der Waals surface area contributed by atoms with E-state index in [4.69, 9.17) is 78.2 Å². The molecule has 33 nitrogen and oxygen atoms in total. The van der Waals surface area contributed by atoms with Gasteiger partial charge in [0.15, 0.2) is 6.29 Å². The SMILES string of the molecule is Brc1cnc2c3cccnc3c3cccnc3n12.Brc1nc2c3cccnc3c3cccnc3n2c1-c1ccccc1.CO.COC=O.COc1cccnc1-c1cccnc1Cl.Cc1cc(C)c(B(O)O)c(C)c1.NO.O=Cc1cccnc1Br.OB(O)c1ccccc1.OB(O)c1cccnc1Cl.c1ccc(-c2cnc3c4cccnc4c4cccnc4n23)cc1.c1cnc2c(c1)c1ncccc1c1nccn21. The number of carbonyl (C=O) groups excluding carboxylic acids is 2. The van der Waals surface area contributed by atoms with Crippen molar-refractivity contribution < 1.29 is 59.5 Å². The molecule has 4 aromatic carbocycles. The molecular weight excluding hydrogens is 2080 g/mol. The van der Waals surface area contributed by atoms with Gasteiger partial charge in [-0.25, -0.2) is 60.7 Å². The van der Waals surface area contributed by atoms with Crippen molar-refractivity contribution in [3.63, 3.8) is 0 Å². The van der Waals surface area contributed by atoms with E-state index in [-0.39, 0.29) is 10.6 Å². The number of imidazole rings is 4. The van der Waals surface area contributed by atoms with Gasteiger partial charge >= 0.3 is 21.4 Å². The van der Waals surface area contributed by atoms with Crippen molar-refractivity contribution in [2.24, 2.45) is 5.90 Å². The third-order valence-corrected chi connectivity index (χ3v) is 23.9. The Morgan fingerprint density at radius 3 is 1.20 bits per heavy atom. The first-order chi connectivity index (χ1) is 70.7. The molecule has 0 radical (unpaired) electrons. The summed E-state index contributed by atoms with van der Waals surface area (Å²) < 4.78 is 19.6. The van der Waals surface area contributed by atoms with Crippen molar-refractivity contribution in [2.75, 3.05) is 21.3 Å². The van der Waals surface area contributed by atoms with Gasteiger partial charge in [0.1, 0.15) is 80.7 Å². The number of halogens is 5. The van der Waals surface area contributed by atoms with E-state index in [1.807, 2.05) is 206 Å². The summed E-state index contributed by atoms with van der Waals surface area (Å²) >= 11 is 21.7. The topological polar surface area (TPSA) is 464 Å². The van der Waals surface area contributed by atoms with Crippen LogP contribution >= 0.6 is 71.0 Å². The number of rotatable bonds is 9. The molecule has 0 aliphatic rings. The second-order valence-corrected chi connectivity index (χ2v) is 33.4. The van der Waals surface area contributed by atoms with Crippen LogP contribution in [0.5, 0.6) is 5.75 Å². The number of aliphatic hydroxyl groups is 1. The maximum atomic E-state index is 10.2. The van der Waals surface area contributed by atoms with Crippen LogP contribution in [-0.2, 0) is 9.53 Å². The summed E-state index contributed by atoms with van der Waals surface area (Å²) in [5.74, 6) is 4.19. The van der Waals surface area contributed by atoms with Crippen molar-refractivity contribution in [3.8, 4) is 39.5 Å². The molecule has 0 saturated carbocycles. The van der Waals surface area contributed by atoms with Crippen molar-refractivity contribution >= 4 is 232 Å². The summed E-state index contributed by atoms with van der Waals surface area (Å²) in [7, 11) is -0.323. The average Bonchev–Trinajstić information content (AvgIpc) is 1.58. The van der Waals surface area contributed by atoms with Gasteiger partial charge in [0.2, 0.25) is 0 Å². The van der Waals surface area contributed by atoms with E-state index < -0.39 is 21.4 Å². The minimum Gasteiger partial charge on any atom is -0.494 e. The summed E-state index contributed by atoms with van der Waals surface area (Å²) in [6, 6.07) is 78.7. The van der Waals surface area contributed by atoms with E-state index in [1.165, 1.54) is 19.4 Å². The van der Waals surface area contributed by atoms with E-state index in [9.17, 15) is 4.79 Å². The number of hydrogen-bond donors (Lipinski definition) is 9. The molecule has 145 heavy (non-hydrogen) atoms. The Balaban J connectivity index is 0.000000138. The lowest BCUT2D eigenvalue weighted by Gasteiger charge is -2.09. The van der Waals surface area contributed by atoms with Gasteiger partial charge in [0.05, 0.1) is 60.1 Å². The normalized spacial score (nSPS) is 10.4. The quantitative estimate of drug-likeness (QED) is 0.0213. The van der Waals surface area contributed by atoms with Crippen LogP contribution in [0.25, 0.3) is 144 Å². The molecule has 0 amide bonds. The number of aldehydes is 1. The first kappa shape index (κ1) is 107. The summed E-state index contributed by atoms with van der Waals surface area (Å²) in [5, 5.41) is 74.8. The van der Waals surface area contributed by atoms with Crippen LogP contribution in [0.1, 0.15) is 27.0 Å². The number of methoxy groups -OCH3 is 2. The lowest BCUT2D eigenvalue weighted by Crippen LogP contribution is -2.34. The fraction of sp³-hybridized carbons (Fsp3) is 0.0577. The van der Waals surface area contributed by atoms with Gasteiger partial charge in [-0.1, -0.05) is 149 Å². The van der Waals surface area contributed by atoms with Crippen molar-refractivity contribution in [1.82, 2.24) is 97.3 Å². The van der Waals surface area contributed by atoms with Crippen LogP contribution in [-0.4, -0.2) is 193 Å². The van der Waals surface area contributed by atoms with E-state index >= 15 is 0 Å². The summed E-state index contributed by atoms with van der Waals surface area (Å²) in [6.07, 6.45) is 29.0. The minimum atomic E-state index is -1.54. The van der Waals surface area contributed by atoms with Crippen LogP contribution in [0, 0.1) is 20.8 Å². The molecule has 24 rings (SSSR count). The van der Waals surface area contributed by atoms with Crippen LogP contribution in [0.15, 0.2) is 362 Å². The number of nitrogens with two attached hydrogens (primary N) is 1. The zero-order chi connectivity index (χ0) is 103. The maximum absolute atomic E-state index is 10.2. The van der Waals surface area contributed by atoms with Crippen LogP contribution in [0.3, 0.4) is 0 Å². The number of hydrogen-bond acceptors (Lipinski definition) is 29. The Kier molecular flexibility index (Phi) is 38.5. The molecule has 0 saturated heterocycles. The zero-order valence-electron chi connectivity index (χ0n) is 77.9. The Bertz CT molecular complexity index is 8430. The second kappa shape index (κ2) is 52.4. The van der Waals surface area contributed by atoms with E-state index in [1.54, 1.807) is 118 Å².